The molecule has 5 aromatic carbocycles. The van der Waals surface area contributed by atoms with Crippen molar-refractivity contribution in [3.63, 3.8) is 0 Å². The minimum atomic E-state index is -0.892. The first-order valence-electron chi connectivity index (χ1n) is 17.0. The Morgan fingerprint density at radius 1 is 0.808 bits per heavy atom. The van der Waals surface area contributed by atoms with Crippen molar-refractivity contribution in [3.05, 3.63) is 167 Å². The van der Waals surface area contributed by atoms with Gasteiger partial charge in [0, 0.05) is 17.5 Å². The van der Waals surface area contributed by atoms with Gasteiger partial charge in [0.2, 0.25) is 5.91 Å². The molecule has 0 spiro atoms. The number of nitrogens with zero attached hydrogens (tertiary/aromatic N) is 1. The summed E-state index contributed by atoms with van der Waals surface area (Å²) in [5.74, 6) is -2.18. The third kappa shape index (κ3) is 9.31. The summed E-state index contributed by atoms with van der Waals surface area (Å²) in [4.78, 5) is 42.0. The van der Waals surface area contributed by atoms with Crippen molar-refractivity contribution in [1.29, 1.82) is 0 Å². The Kier molecular flexibility index (Phi) is 12.1. The zero-order valence-corrected chi connectivity index (χ0v) is 29.3. The van der Waals surface area contributed by atoms with E-state index in [1.807, 2.05) is 72.8 Å². The van der Waals surface area contributed by atoms with Gasteiger partial charge >= 0.3 is 6.09 Å². The van der Waals surface area contributed by atoms with Gasteiger partial charge in [0.25, 0.3) is 0 Å². The average Bonchev–Trinajstić information content (AvgIpc) is 3.55. The maximum atomic E-state index is 14.9. The quantitative estimate of drug-likeness (QED) is 0.114. The number of hydrogen-bond donors (Lipinski definition) is 1. The van der Waals surface area contributed by atoms with Crippen LogP contribution in [0, 0.1) is 17.6 Å². The fraction of sp³-hybridized carbons (Fsp3) is 0.214. The van der Waals surface area contributed by atoms with Gasteiger partial charge in [-0.25, -0.2) is 18.5 Å². The summed E-state index contributed by atoms with van der Waals surface area (Å²) in [5, 5.41) is 3.44. The second kappa shape index (κ2) is 17.3. The number of amides is 2. The molecule has 1 aliphatic heterocycles. The van der Waals surface area contributed by atoms with E-state index in [1.54, 1.807) is 36.4 Å². The van der Waals surface area contributed by atoms with Crippen molar-refractivity contribution < 1.29 is 32.6 Å². The van der Waals surface area contributed by atoms with Crippen molar-refractivity contribution in [2.24, 2.45) is 5.92 Å². The van der Waals surface area contributed by atoms with Gasteiger partial charge in [-0.3, -0.25) is 9.59 Å². The monoisotopic (exact) mass is 720 g/mol. The third-order valence-corrected chi connectivity index (χ3v) is 9.75. The number of anilines is 1. The van der Waals surface area contributed by atoms with E-state index in [4.69, 9.17) is 9.47 Å². The zero-order valence-electron chi connectivity index (χ0n) is 28.5. The van der Waals surface area contributed by atoms with Gasteiger partial charge < -0.3 is 14.8 Å². The van der Waals surface area contributed by atoms with E-state index in [1.165, 1.54) is 36.1 Å². The molecule has 52 heavy (non-hydrogen) atoms. The van der Waals surface area contributed by atoms with Crippen LogP contribution in [0.5, 0.6) is 0 Å². The van der Waals surface area contributed by atoms with Gasteiger partial charge in [-0.15, -0.1) is 0 Å². The molecule has 1 N–H and O–H groups in total. The molecule has 0 radical (unpaired) electrons. The largest absolute Gasteiger partial charge is 0.446 e. The number of cyclic esters (lactones) is 1. The second-order valence-electron chi connectivity index (χ2n) is 12.5. The number of halogens is 2. The van der Waals surface area contributed by atoms with E-state index in [2.05, 4.69) is 5.32 Å². The molecule has 6 rings (SSSR count). The maximum Gasteiger partial charge on any atom is 0.417 e. The molecule has 0 bridgehead atoms. The number of rotatable bonds is 14. The Morgan fingerprint density at radius 3 is 2.02 bits per heavy atom. The van der Waals surface area contributed by atoms with Crippen LogP contribution in [0.2, 0.25) is 0 Å². The van der Waals surface area contributed by atoms with E-state index < -0.39 is 41.9 Å². The Bertz CT molecular complexity index is 1950. The summed E-state index contributed by atoms with van der Waals surface area (Å²) in [6.07, 6.45) is -0.749. The summed E-state index contributed by atoms with van der Waals surface area (Å²) >= 11 is 1.11. The van der Waals surface area contributed by atoms with Crippen LogP contribution in [0.1, 0.15) is 60.2 Å². The van der Waals surface area contributed by atoms with E-state index >= 15 is 0 Å². The topological polar surface area (TPSA) is 84.9 Å². The molecular weight excluding hydrogens is 683 g/mol. The molecule has 1 fully saturated rings. The molecule has 0 saturated carbocycles. The highest BCUT2D eigenvalue weighted by atomic mass is 32.2. The lowest BCUT2D eigenvalue weighted by Gasteiger charge is -2.33. The highest BCUT2D eigenvalue weighted by Crippen LogP contribution is 2.39. The number of thioether (sulfide) groups is 1. The van der Waals surface area contributed by atoms with E-state index in [0.29, 0.717) is 17.7 Å². The van der Waals surface area contributed by atoms with Crippen molar-refractivity contribution in [1.82, 2.24) is 4.90 Å². The first kappa shape index (κ1) is 36.5. The van der Waals surface area contributed by atoms with Crippen LogP contribution >= 0.6 is 11.8 Å². The maximum absolute atomic E-state index is 14.9. The number of nitrogens with one attached hydrogen (secondary N) is 1. The summed E-state index contributed by atoms with van der Waals surface area (Å²) in [6, 6.07) is 36.7. The van der Waals surface area contributed by atoms with Gasteiger partial charge in [-0.1, -0.05) is 96.7 Å². The standard InChI is InChI=1S/C42H38F2N2O5S/c1-28(47)52-36-22-20-35(21-23-36)45-40(32-14-18-34(44)19-15-32)37(41(48)46-38(27-51-42(46)49)30-10-6-3-7-11-30)24-25-39(31-12-16-33(43)17-13-31)50-26-29-8-4-2-5-9-29/h2-23,37-40,45H,24-27H2,1H3/t37-,38-,39+,40-/m1/s1. The summed E-state index contributed by atoms with van der Waals surface area (Å²) < 4.78 is 40.2. The number of hydrogen-bond acceptors (Lipinski definition) is 7. The van der Waals surface area contributed by atoms with E-state index in [0.717, 1.165) is 33.3 Å². The van der Waals surface area contributed by atoms with Crippen molar-refractivity contribution >= 4 is 34.6 Å². The van der Waals surface area contributed by atoms with Crippen LogP contribution in [-0.2, 0) is 25.7 Å². The normalized spacial score (nSPS) is 15.8. The van der Waals surface area contributed by atoms with Crippen LogP contribution in [0.15, 0.2) is 138 Å². The molecule has 1 heterocycles. The molecule has 0 unspecified atom stereocenters. The van der Waals surface area contributed by atoms with Gasteiger partial charge in [0.1, 0.15) is 24.3 Å². The SMILES string of the molecule is CC(=O)Sc1ccc(N[C@H](c2ccc(F)cc2)[C@@H](CC[C@H](OCc2ccccc2)c2ccc(F)cc2)C(=O)N2C(=O)OC[C@@H]2c2ccccc2)cc1. The molecule has 0 aromatic heterocycles. The van der Waals surface area contributed by atoms with Gasteiger partial charge in [-0.2, -0.15) is 0 Å². The Labute approximate surface area is 306 Å². The minimum absolute atomic E-state index is 0.00359. The fourth-order valence-corrected chi connectivity index (χ4v) is 6.98. The van der Waals surface area contributed by atoms with E-state index in [-0.39, 0.29) is 30.6 Å². The third-order valence-electron chi connectivity index (χ3n) is 8.96. The van der Waals surface area contributed by atoms with Gasteiger partial charge in [-0.05, 0) is 83.6 Å². The molecule has 7 nitrogen and oxygen atoms in total. The Morgan fingerprint density at radius 2 is 1.40 bits per heavy atom. The summed E-state index contributed by atoms with van der Waals surface area (Å²) in [7, 11) is 0. The molecule has 1 saturated heterocycles. The highest BCUT2D eigenvalue weighted by Gasteiger charge is 2.44. The van der Waals surface area contributed by atoms with Crippen LogP contribution < -0.4 is 5.32 Å². The minimum Gasteiger partial charge on any atom is -0.446 e. The van der Waals surface area contributed by atoms with E-state index in [9.17, 15) is 23.2 Å². The molecule has 4 atom stereocenters. The first-order valence-corrected chi connectivity index (χ1v) is 17.8. The van der Waals surface area contributed by atoms with Gasteiger partial charge in [0.05, 0.1) is 24.7 Å². The molecular formula is C42H38F2N2O5S. The van der Waals surface area contributed by atoms with Crippen LogP contribution in [0.25, 0.3) is 0 Å². The van der Waals surface area contributed by atoms with Crippen LogP contribution in [0.4, 0.5) is 19.3 Å². The number of benzene rings is 5. The lowest BCUT2D eigenvalue weighted by molar-refractivity contribution is -0.134. The Balaban J connectivity index is 1.38. The number of imide groups is 1. The highest BCUT2D eigenvalue weighted by molar-refractivity contribution is 8.13. The van der Waals surface area contributed by atoms with Crippen LogP contribution in [-0.4, -0.2) is 28.6 Å². The smallest absolute Gasteiger partial charge is 0.417 e. The second-order valence-corrected chi connectivity index (χ2v) is 13.8. The molecule has 1 aliphatic rings. The first-order chi connectivity index (χ1) is 25.2. The molecule has 2 amide bonds. The summed E-state index contributed by atoms with van der Waals surface area (Å²) in [5.41, 5.74) is 3.70. The molecule has 0 aliphatic carbocycles. The number of carbonyl (C=O) groups excluding carboxylic acids is 3. The van der Waals surface area contributed by atoms with Gasteiger partial charge in [0.15, 0.2) is 5.12 Å². The van der Waals surface area contributed by atoms with Crippen molar-refractivity contribution in [2.45, 2.75) is 49.5 Å². The lowest BCUT2D eigenvalue weighted by atomic mass is 9.85. The number of carbonyl (C=O) groups is 3. The molecule has 10 heteroatoms. The molecule has 5 aromatic rings. The predicted molar refractivity (Wildman–Crippen MR) is 196 cm³/mol. The molecule has 266 valence electrons. The lowest BCUT2D eigenvalue weighted by Crippen LogP contribution is -2.42. The zero-order chi connectivity index (χ0) is 36.5. The summed E-state index contributed by atoms with van der Waals surface area (Å²) in [6.45, 7) is 1.77. The van der Waals surface area contributed by atoms with Crippen molar-refractivity contribution in [3.8, 4) is 0 Å². The predicted octanol–water partition coefficient (Wildman–Crippen LogP) is 9.83. The fourth-order valence-electron chi connectivity index (χ4n) is 6.37. The Hall–Kier alpha value is -5.32. The van der Waals surface area contributed by atoms with Crippen molar-refractivity contribution in [2.75, 3.05) is 11.9 Å². The number of ether oxygens (including phenoxy) is 2. The average molecular weight is 721 g/mol. The van der Waals surface area contributed by atoms with Crippen LogP contribution in [0.3, 0.4) is 0 Å².